The fourth-order valence-corrected chi connectivity index (χ4v) is 2.31. The molecule has 0 aromatic heterocycles. The topological polar surface area (TPSA) is 57.6 Å². The van der Waals surface area contributed by atoms with Gasteiger partial charge in [-0.25, -0.2) is 0 Å². The van der Waals surface area contributed by atoms with Crippen molar-refractivity contribution in [3.8, 4) is 0 Å². The third-order valence-corrected chi connectivity index (χ3v) is 3.73. The average molecular weight is 243 g/mol. The minimum atomic E-state index is -0.818. The Morgan fingerprint density at radius 2 is 2.31 bits per heavy atom. The number of carbonyl (C=O) groups excluding carboxylic acids is 1. The van der Waals surface area contributed by atoms with Gasteiger partial charge in [-0.05, 0) is 13.3 Å². The molecule has 1 amide bonds. The molecule has 0 aromatic carbocycles. The number of carbonyl (C=O) groups is 2. The lowest BCUT2D eigenvalue weighted by molar-refractivity contribution is -0.147. The molecule has 4 nitrogen and oxygen atoms in total. The number of aliphatic carboxylic acids is 1. The van der Waals surface area contributed by atoms with Crippen molar-refractivity contribution in [2.24, 2.45) is 5.41 Å². The maximum atomic E-state index is 11.7. The van der Waals surface area contributed by atoms with Gasteiger partial charge in [-0.3, -0.25) is 9.59 Å². The van der Waals surface area contributed by atoms with E-state index in [0.717, 1.165) is 5.75 Å². The highest BCUT2D eigenvalue weighted by Crippen LogP contribution is 2.30. The quantitative estimate of drug-likeness (QED) is 0.583. The first-order chi connectivity index (χ1) is 7.49. The van der Waals surface area contributed by atoms with E-state index in [1.54, 1.807) is 17.9 Å². The summed E-state index contributed by atoms with van der Waals surface area (Å²) in [6.45, 7) is 6.15. The van der Waals surface area contributed by atoms with Gasteiger partial charge in [-0.2, -0.15) is 0 Å². The third-order valence-electron chi connectivity index (χ3n) is 2.80. The molecule has 1 aliphatic heterocycles. The van der Waals surface area contributed by atoms with E-state index in [2.05, 4.69) is 6.58 Å². The Morgan fingerprint density at radius 3 is 2.81 bits per heavy atom. The first-order valence-electron chi connectivity index (χ1n) is 5.19. The molecule has 0 bridgehead atoms. The maximum Gasteiger partial charge on any atom is 0.311 e. The van der Waals surface area contributed by atoms with Crippen LogP contribution in [-0.2, 0) is 9.59 Å². The van der Waals surface area contributed by atoms with Gasteiger partial charge in [0, 0.05) is 18.8 Å². The third kappa shape index (κ3) is 3.01. The first kappa shape index (κ1) is 13.1. The van der Waals surface area contributed by atoms with Gasteiger partial charge < -0.3 is 10.0 Å². The van der Waals surface area contributed by atoms with E-state index in [1.165, 1.54) is 11.8 Å². The second-order valence-corrected chi connectivity index (χ2v) is 5.27. The van der Waals surface area contributed by atoms with Gasteiger partial charge in [0.2, 0.25) is 5.91 Å². The zero-order valence-electron chi connectivity index (χ0n) is 9.44. The van der Waals surface area contributed by atoms with Gasteiger partial charge in [0.05, 0.1) is 11.2 Å². The van der Waals surface area contributed by atoms with Crippen LogP contribution in [0.15, 0.2) is 12.7 Å². The summed E-state index contributed by atoms with van der Waals surface area (Å²) < 4.78 is 0. The number of likely N-dealkylation sites (tertiary alicyclic amines) is 1. The molecule has 90 valence electrons. The zero-order valence-corrected chi connectivity index (χ0v) is 10.3. The molecule has 0 saturated carbocycles. The molecule has 1 fully saturated rings. The van der Waals surface area contributed by atoms with E-state index in [1.807, 2.05) is 0 Å². The summed E-state index contributed by atoms with van der Waals surface area (Å²) >= 11 is 1.50. The molecule has 1 N–H and O–H groups in total. The Bertz CT molecular complexity index is 306. The molecule has 0 aliphatic carbocycles. The van der Waals surface area contributed by atoms with Crippen LogP contribution >= 0.6 is 11.8 Å². The fourth-order valence-electron chi connectivity index (χ4n) is 1.67. The lowest BCUT2D eigenvalue weighted by Crippen LogP contribution is -2.35. The van der Waals surface area contributed by atoms with Crippen LogP contribution in [0.2, 0.25) is 0 Å². The van der Waals surface area contributed by atoms with E-state index in [0.29, 0.717) is 25.3 Å². The van der Waals surface area contributed by atoms with Gasteiger partial charge in [0.1, 0.15) is 0 Å². The van der Waals surface area contributed by atoms with Crippen molar-refractivity contribution >= 4 is 23.6 Å². The summed E-state index contributed by atoms with van der Waals surface area (Å²) in [5.41, 5.74) is -0.765. The van der Waals surface area contributed by atoms with Crippen molar-refractivity contribution in [1.82, 2.24) is 4.90 Å². The van der Waals surface area contributed by atoms with E-state index < -0.39 is 11.4 Å². The molecule has 1 atom stereocenters. The largest absolute Gasteiger partial charge is 0.481 e. The number of hydrogen-bond acceptors (Lipinski definition) is 3. The zero-order chi connectivity index (χ0) is 12.2. The summed E-state index contributed by atoms with van der Waals surface area (Å²) in [7, 11) is 0. The monoisotopic (exact) mass is 243 g/mol. The predicted octanol–water partition coefficient (Wildman–Crippen LogP) is 1.23. The van der Waals surface area contributed by atoms with E-state index in [4.69, 9.17) is 5.11 Å². The lowest BCUT2D eigenvalue weighted by Gasteiger charge is -2.19. The second kappa shape index (κ2) is 5.39. The smallest absolute Gasteiger partial charge is 0.311 e. The van der Waals surface area contributed by atoms with Crippen molar-refractivity contribution in [1.29, 1.82) is 0 Å². The van der Waals surface area contributed by atoms with Crippen LogP contribution in [0.25, 0.3) is 0 Å². The van der Waals surface area contributed by atoms with Gasteiger partial charge in [-0.1, -0.05) is 6.08 Å². The summed E-state index contributed by atoms with van der Waals surface area (Å²) in [4.78, 5) is 24.3. The highest BCUT2D eigenvalue weighted by Gasteiger charge is 2.41. The van der Waals surface area contributed by atoms with Crippen molar-refractivity contribution in [3.05, 3.63) is 12.7 Å². The Kier molecular flexibility index (Phi) is 4.41. The van der Waals surface area contributed by atoms with Gasteiger partial charge in [0.25, 0.3) is 0 Å². The normalized spacial score (nSPS) is 24.4. The summed E-state index contributed by atoms with van der Waals surface area (Å²) in [5, 5.41) is 9.03. The summed E-state index contributed by atoms with van der Waals surface area (Å²) in [6.07, 6.45) is 2.30. The number of hydrogen-bond donors (Lipinski definition) is 1. The summed E-state index contributed by atoms with van der Waals surface area (Å²) in [5.74, 6) is 0.357. The molecular weight excluding hydrogens is 226 g/mol. The predicted molar refractivity (Wildman–Crippen MR) is 64.5 cm³/mol. The first-order valence-corrected chi connectivity index (χ1v) is 6.35. The van der Waals surface area contributed by atoms with E-state index >= 15 is 0 Å². The molecule has 1 heterocycles. The van der Waals surface area contributed by atoms with Gasteiger partial charge in [0.15, 0.2) is 0 Å². The molecule has 1 unspecified atom stereocenters. The number of thioether (sulfide) groups is 1. The number of rotatable bonds is 5. The number of carboxylic acids is 1. The minimum absolute atomic E-state index is 0.0248. The molecule has 1 rings (SSSR count). The average Bonchev–Trinajstić information content (AvgIpc) is 2.63. The van der Waals surface area contributed by atoms with Crippen LogP contribution in [0.1, 0.15) is 13.3 Å². The van der Waals surface area contributed by atoms with E-state index in [-0.39, 0.29) is 5.91 Å². The van der Waals surface area contributed by atoms with Crippen molar-refractivity contribution in [2.45, 2.75) is 13.3 Å². The van der Waals surface area contributed by atoms with Crippen molar-refractivity contribution in [3.63, 3.8) is 0 Å². The van der Waals surface area contributed by atoms with E-state index in [9.17, 15) is 9.59 Å². The SMILES string of the molecule is C=CCSCC(=O)N1CCC(C)(C(=O)O)C1. The Morgan fingerprint density at radius 1 is 1.62 bits per heavy atom. The highest BCUT2D eigenvalue weighted by atomic mass is 32.2. The van der Waals surface area contributed by atoms with Crippen LogP contribution in [0.3, 0.4) is 0 Å². The molecule has 16 heavy (non-hydrogen) atoms. The Labute approximate surface area is 99.7 Å². The number of nitrogens with zero attached hydrogens (tertiary/aromatic N) is 1. The van der Waals surface area contributed by atoms with Crippen molar-refractivity contribution in [2.75, 3.05) is 24.6 Å². The van der Waals surface area contributed by atoms with Crippen LogP contribution in [0, 0.1) is 5.41 Å². The van der Waals surface area contributed by atoms with Crippen molar-refractivity contribution < 1.29 is 14.7 Å². The fraction of sp³-hybridized carbons (Fsp3) is 0.636. The second-order valence-electron chi connectivity index (χ2n) is 4.23. The lowest BCUT2D eigenvalue weighted by atomic mass is 9.90. The van der Waals surface area contributed by atoms with Crippen LogP contribution in [0.5, 0.6) is 0 Å². The Hall–Kier alpha value is -0.970. The molecule has 1 aliphatic rings. The molecular formula is C11H17NO3S. The standard InChI is InChI=1S/C11H17NO3S/c1-3-6-16-7-9(13)12-5-4-11(2,8-12)10(14)15/h3H,1,4-8H2,2H3,(H,14,15). The number of carboxylic acid groups (broad SMARTS) is 1. The van der Waals surface area contributed by atoms with Crippen LogP contribution in [0.4, 0.5) is 0 Å². The molecule has 0 aromatic rings. The minimum Gasteiger partial charge on any atom is -0.481 e. The van der Waals surface area contributed by atoms with Gasteiger partial charge in [-0.15, -0.1) is 18.3 Å². The molecule has 5 heteroatoms. The Balaban J connectivity index is 2.43. The van der Waals surface area contributed by atoms with Crippen LogP contribution < -0.4 is 0 Å². The van der Waals surface area contributed by atoms with Crippen LogP contribution in [-0.4, -0.2) is 46.5 Å². The maximum absolute atomic E-state index is 11.7. The molecule has 1 saturated heterocycles. The summed E-state index contributed by atoms with van der Waals surface area (Å²) in [6, 6.07) is 0. The number of amides is 1. The van der Waals surface area contributed by atoms with Gasteiger partial charge >= 0.3 is 5.97 Å². The molecule has 0 radical (unpaired) electrons. The molecule has 0 spiro atoms. The highest BCUT2D eigenvalue weighted by molar-refractivity contribution is 8.00.